The lowest BCUT2D eigenvalue weighted by Gasteiger charge is -2.20. The van der Waals surface area contributed by atoms with Gasteiger partial charge >= 0.3 is 0 Å². The second kappa shape index (κ2) is 3.30. The number of imide groups is 1. The minimum absolute atomic E-state index is 0.0369. The molecular weight excluding hydrogens is 258 g/mol. The van der Waals surface area contributed by atoms with Crippen LogP contribution < -0.4 is 4.90 Å². The Kier molecular flexibility index (Phi) is 1.81. The van der Waals surface area contributed by atoms with Gasteiger partial charge in [0.2, 0.25) is 11.8 Å². The maximum absolute atomic E-state index is 12.7. The standard InChI is InChI=1S/C15H13NO4/c1-6-4-2-3-5-7(6)16-14(17)8-9(15(16)18)11-13-12(20-13)10(8)19-11/h2-5,8-13H,1H3. The summed E-state index contributed by atoms with van der Waals surface area (Å²) < 4.78 is 11.3. The van der Waals surface area contributed by atoms with E-state index >= 15 is 0 Å². The number of ether oxygens (including phenoxy) is 2. The predicted molar refractivity (Wildman–Crippen MR) is 68.0 cm³/mol. The van der Waals surface area contributed by atoms with Crippen LogP contribution in [0.4, 0.5) is 5.69 Å². The molecule has 4 aliphatic rings. The number of amides is 2. The van der Waals surface area contributed by atoms with Crippen LogP contribution >= 0.6 is 0 Å². The summed E-state index contributed by atoms with van der Waals surface area (Å²) in [5, 5.41) is 0. The predicted octanol–water partition coefficient (Wildman–Crippen LogP) is 0.649. The van der Waals surface area contributed by atoms with Crippen molar-refractivity contribution in [1.29, 1.82) is 0 Å². The van der Waals surface area contributed by atoms with Gasteiger partial charge in [0, 0.05) is 0 Å². The van der Waals surface area contributed by atoms with Crippen LogP contribution in [0, 0.1) is 18.8 Å². The monoisotopic (exact) mass is 271 g/mol. The molecule has 2 bridgehead atoms. The molecule has 2 amide bonds. The highest BCUT2D eigenvalue weighted by molar-refractivity contribution is 6.23. The molecule has 4 aliphatic heterocycles. The van der Waals surface area contributed by atoms with Gasteiger partial charge in [0.15, 0.2) is 0 Å². The molecule has 0 aromatic heterocycles. The first-order valence-electron chi connectivity index (χ1n) is 6.93. The summed E-state index contributed by atoms with van der Waals surface area (Å²) in [4.78, 5) is 26.7. The highest BCUT2D eigenvalue weighted by Crippen LogP contribution is 2.57. The molecule has 0 spiro atoms. The van der Waals surface area contributed by atoms with E-state index in [2.05, 4.69) is 0 Å². The highest BCUT2D eigenvalue weighted by Gasteiger charge is 2.75. The molecule has 20 heavy (non-hydrogen) atoms. The third-order valence-electron chi connectivity index (χ3n) is 4.99. The summed E-state index contributed by atoms with van der Waals surface area (Å²) in [6, 6.07) is 7.49. The largest absolute Gasteiger partial charge is 0.368 e. The molecule has 1 aromatic rings. The molecule has 5 rings (SSSR count). The average Bonchev–Trinajstić information content (AvgIpc) is 2.96. The van der Waals surface area contributed by atoms with Crippen molar-refractivity contribution >= 4 is 17.5 Å². The smallest absolute Gasteiger partial charge is 0.240 e. The van der Waals surface area contributed by atoms with Gasteiger partial charge < -0.3 is 9.47 Å². The molecule has 0 aliphatic carbocycles. The molecule has 4 heterocycles. The Hall–Kier alpha value is -1.72. The highest BCUT2D eigenvalue weighted by atomic mass is 16.7. The van der Waals surface area contributed by atoms with Crippen LogP contribution in [-0.4, -0.2) is 36.2 Å². The minimum Gasteiger partial charge on any atom is -0.368 e. The number of rotatable bonds is 1. The number of para-hydroxylation sites is 1. The van der Waals surface area contributed by atoms with Crippen LogP contribution in [0.1, 0.15) is 5.56 Å². The molecule has 4 saturated heterocycles. The normalized spacial score (nSPS) is 44.0. The van der Waals surface area contributed by atoms with Gasteiger partial charge in [0.1, 0.15) is 12.2 Å². The Morgan fingerprint density at radius 1 is 0.900 bits per heavy atom. The van der Waals surface area contributed by atoms with Gasteiger partial charge in [0.05, 0.1) is 29.7 Å². The summed E-state index contributed by atoms with van der Waals surface area (Å²) in [6.45, 7) is 1.91. The van der Waals surface area contributed by atoms with Gasteiger partial charge in [-0.25, -0.2) is 4.90 Å². The van der Waals surface area contributed by atoms with E-state index in [0.717, 1.165) is 5.56 Å². The molecule has 0 radical (unpaired) electrons. The van der Waals surface area contributed by atoms with E-state index in [9.17, 15) is 9.59 Å². The Bertz CT molecular complexity index is 625. The Balaban J connectivity index is 1.59. The van der Waals surface area contributed by atoms with Crippen molar-refractivity contribution in [3.63, 3.8) is 0 Å². The first-order valence-corrected chi connectivity index (χ1v) is 6.93. The number of hydrogen-bond acceptors (Lipinski definition) is 4. The van der Waals surface area contributed by atoms with Crippen molar-refractivity contribution < 1.29 is 19.1 Å². The zero-order chi connectivity index (χ0) is 13.6. The molecule has 5 heteroatoms. The fourth-order valence-electron chi connectivity index (χ4n) is 4.03. The zero-order valence-corrected chi connectivity index (χ0v) is 10.9. The van der Waals surface area contributed by atoms with Crippen LogP contribution in [0.3, 0.4) is 0 Å². The van der Waals surface area contributed by atoms with Crippen molar-refractivity contribution in [2.24, 2.45) is 11.8 Å². The number of aryl methyl sites for hydroxylation is 1. The van der Waals surface area contributed by atoms with E-state index in [1.165, 1.54) is 4.90 Å². The number of carbonyl (C=O) groups is 2. The first kappa shape index (κ1) is 11.0. The molecule has 102 valence electrons. The zero-order valence-electron chi connectivity index (χ0n) is 10.9. The van der Waals surface area contributed by atoms with Crippen LogP contribution in [0.5, 0.6) is 0 Å². The minimum atomic E-state index is -0.351. The maximum atomic E-state index is 12.7. The number of benzene rings is 1. The van der Waals surface area contributed by atoms with Gasteiger partial charge in [-0.3, -0.25) is 9.59 Å². The third-order valence-corrected chi connectivity index (χ3v) is 4.99. The fraction of sp³-hybridized carbons (Fsp3) is 0.467. The van der Waals surface area contributed by atoms with Crippen molar-refractivity contribution in [3.05, 3.63) is 29.8 Å². The summed E-state index contributed by atoms with van der Waals surface area (Å²) in [5.41, 5.74) is 1.63. The third kappa shape index (κ3) is 1.08. The number of anilines is 1. The van der Waals surface area contributed by atoms with Crippen molar-refractivity contribution in [2.45, 2.75) is 31.3 Å². The van der Waals surface area contributed by atoms with Crippen LogP contribution in [0.25, 0.3) is 0 Å². The average molecular weight is 271 g/mol. The second-order valence-corrected chi connectivity index (χ2v) is 5.98. The molecule has 5 nitrogen and oxygen atoms in total. The Morgan fingerprint density at radius 3 is 2.05 bits per heavy atom. The van der Waals surface area contributed by atoms with E-state index in [4.69, 9.17) is 9.47 Å². The number of hydrogen-bond donors (Lipinski definition) is 0. The molecule has 0 N–H and O–H groups in total. The summed E-state index contributed by atoms with van der Waals surface area (Å²) in [7, 11) is 0. The van der Waals surface area contributed by atoms with E-state index in [1.807, 2.05) is 31.2 Å². The van der Waals surface area contributed by atoms with Crippen molar-refractivity contribution in [1.82, 2.24) is 0 Å². The van der Waals surface area contributed by atoms with E-state index in [1.54, 1.807) is 0 Å². The van der Waals surface area contributed by atoms with Gasteiger partial charge in [-0.05, 0) is 18.6 Å². The number of nitrogens with zero attached hydrogens (tertiary/aromatic N) is 1. The van der Waals surface area contributed by atoms with Crippen LogP contribution in [0.2, 0.25) is 0 Å². The van der Waals surface area contributed by atoms with Crippen LogP contribution in [-0.2, 0) is 19.1 Å². The van der Waals surface area contributed by atoms with Crippen LogP contribution in [0.15, 0.2) is 24.3 Å². The quantitative estimate of drug-likeness (QED) is 0.556. The lowest BCUT2D eigenvalue weighted by molar-refractivity contribution is -0.126. The Labute approximate surface area is 115 Å². The molecule has 6 atom stereocenters. The molecule has 4 fully saturated rings. The summed E-state index contributed by atoms with van der Waals surface area (Å²) in [6.07, 6.45) is -0.370. The topological polar surface area (TPSA) is 59.1 Å². The van der Waals surface area contributed by atoms with Crippen molar-refractivity contribution in [3.8, 4) is 0 Å². The first-order chi connectivity index (χ1) is 9.68. The van der Waals surface area contributed by atoms with Gasteiger partial charge in [-0.15, -0.1) is 0 Å². The molecular formula is C15H13NO4. The number of epoxide rings is 1. The van der Waals surface area contributed by atoms with E-state index in [-0.39, 0.29) is 48.1 Å². The van der Waals surface area contributed by atoms with Gasteiger partial charge in [0.25, 0.3) is 0 Å². The van der Waals surface area contributed by atoms with E-state index in [0.29, 0.717) is 5.69 Å². The summed E-state index contributed by atoms with van der Waals surface area (Å²) in [5.74, 6) is -0.960. The lowest BCUT2D eigenvalue weighted by atomic mass is 9.81. The molecule has 6 unspecified atom stereocenters. The molecule has 1 aromatic carbocycles. The SMILES string of the molecule is Cc1ccccc1N1C(=O)C2C3OC(C4OC43)C2C1=O. The van der Waals surface area contributed by atoms with Gasteiger partial charge in [-0.2, -0.15) is 0 Å². The lowest BCUT2D eigenvalue weighted by Crippen LogP contribution is -2.35. The molecule has 0 saturated carbocycles. The summed E-state index contributed by atoms with van der Waals surface area (Å²) >= 11 is 0. The van der Waals surface area contributed by atoms with E-state index < -0.39 is 0 Å². The number of fused-ring (bicyclic) bond motifs is 8. The maximum Gasteiger partial charge on any atom is 0.240 e. The number of carbonyl (C=O) groups excluding carboxylic acids is 2. The second-order valence-electron chi connectivity index (χ2n) is 5.98. The van der Waals surface area contributed by atoms with Crippen molar-refractivity contribution in [2.75, 3.05) is 4.90 Å². The van der Waals surface area contributed by atoms with Gasteiger partial charge in [-0.1, -0.05) is 18.2 Å². The fourth-order valence-corrected chi connectivity index (χ4v) is 4.03. The Morgan fingerprint density at radius 2 is 1.45 bits per heavy atom.